The van der Waals surface area contributed by atoms with Crippen LogP contribution in [0.25, 0.3) is 0 Å². The van der Waals surface area contributed by atoms with Gasteiger partial charge in [-0.15, -0.1) is 0 Å². The molecule has 6 heteroatoms. The van der Waals surface area contributed by atoms with Crippen molar-refractivity contribution in [1.29, 1.82) is 0 Å². The molecule has 0 bridgehead atoms. The van der Waals surface area contributed by atoms with Gasteiger partial charge >= 0.3 is 5.97 Å². The van der Waals surface area contributed by atoms with E-state index in [1.54, 1.807) is 6.07 Å². The number of carbonyl (C=O) groups is 1. The SMILES string of the molecule is Nc1ccc(C(=O)O)cc1Nc1ccc(I)cc1Cl. The van der Waals surface area contributed by atoms with Crippen LogP contribution in [0.15, 0.2) is 36.4 Å². The molecule has 2 aromatic carbocycles. The number of nitrogen functional groups attached to an aromatic ring is 1. The highest BCUT2D eigenvalue weighted by Crippen LogP contribution is 2.30. The topological polar surface area (TPSA) is 75.4 Å². The number of anilines is 3. The van der Waals surface area contributed by atoms with E-state index in [2.05, 4.69) is 27.9 Å². The van der Waals surface area contributed by atoms with Crippen LogP contribution in [0.1, 0.15) is 10.4 Å². The van der Waals surface area contributed by atoms with Gasteiger partial charge in [0.1, 0.15) is 0 Å². The predicted molar refractivity (Wildman–Crippen MR) is 85.3 cm³/mol. The van der Waals surface area contributed by atoms with Crippen molar-refractivity contribution in [3.05, 3.63) is 50.6 Å². The summed E-state index contributed by atoms with van der Waals surface area (Å²) in [6.07, 6.45) is 0. The fourth-order valence-corrected chi connectivity index (χ4v) is 2.44. The Bertz CT molecular complexity index is 647. The number of carboxylic acids is 1. The van der Waals surface area contributed by atoms with Gasteiger partial charge < -0.3 is 16.2 Å². The van der Waals surface area contributed by atoms with E-state index in [1.807, 2.05) is 18.2 Å². The maximum Gasteiger partial charge on any atom is 0.335 e. The number of aromatic carboxylic acids is 1. The first-order valence-electron chi connectivity index (χ1n) is 5.32. The lowest BCUT2D eigenvalue weighted by atomic mass is 10.1. The fourth-order valence-electron chi connectivity index (χ4n) is 1.53. The number of nitrogens with one attached hydrogen (secondary N) is 1. The van der Waals surface area contributed by atoms with Crippen molar-refractivity contribution in [3.63, 3.8) is 0 Å². The van der Waals surface area contributed by atoms with Gasteiger partial charge in [0.15, 0.2) is 0 Å². The Morgan fingerprint density at radius 2 is 1.95 bits per heavy atom. The summed E-state index contributed by atoms with van der Waals surface area (Å²) >= 11 is 8.27. The average molecular weight is 389 g/mol. The normalized spacial score (nSPS) is 10.2. The molecule has 0 heterocycles. The van der Waals surface area contributed by atoms with Crippen LogP contribution in [0, 0.1) is 3.57 Å². The van der Waals surface area contributed by atoms with Crippen LogP contribution in [0.4, 0.5) is 17.1 Å². The molecule has 2 aromatic rings. The molecule has 0 aliphatic carbocycles. The molecule has 19 heavy (non-hydrogen) atoms. The molecule has 4 nitrogen and oxygen atoms in total. The standard InChI is InChI=1S/C13H10ClIN2O2/c14-9-6-8(15)2-4-11(9)17-12-5-7(13(18)19)1-3-10(12)16/h1-6,17H,16H2,(H,18,19). The van der Waals surface area contributed by atoms with Gasteiger partial charge in [-0.3, -0.25) is 0 Å². The van der Waals surface area contributed by atoms with E-state index in [4.69, 9.17) is 22.4 Å². The summed E-state index contributed by atoms with van der Waals surface area (Å²) in [6.45, 7) is 0. The minimum Gasteiger partial charge on any atom is -0.478 e. The van der Waals surface area contributed by atoms with Gasteiger partial charge in [-0.1, -0.05) is 11.6 Å². The van der Waals surface area contributed by atoms with Crippen LogP contribution in [0.2, 0.25) is 5.02 Å². The lowest BCUT2D eigenvalue weighted by Gasteiger charge is -2.11. The maximum atomic E-state index is 10.9. The molecule has 4 N–H and O–H groups in total. The summed E-state index contributed by atoms with van der Waals surface area (Å²) < 4.78 is 1.01. The van der Waals surface area contributed by atoms with Crippen molar-refractivity contribution in [2.24, 2.45) is 0 Å². The molecule has 0 spiro atoms. The van der Waals surface area contributed by atoms with Gasteiger partial charge in [0.2, 0.25) is 0 Å². The number of halogens is 2. The van der Waals surface area contributed by atoms with E-state index >= 15 is 0 Å². The van der Waals surface area contributed by atoms with Crippen molar-refractivity contribution in [2.75, 3.05) is 11.1 Å². The van der Waals surface area contributed by atoms with Crippen molar-refractivity contribution >= 4 is 57.2 Å². The van der Waals surface area contributed by atoms with Crippen molar-refractivity contribution in [3.8, 4) is 0 Å². The first kappa shape index (κ1) is 14.0. The second-order valence-electron chi connectivity index (χ2n) is 3.86. The molecule has 0 atom stereocenters. The smallest absolute Gasteiger partial charge is 0.335 e. The van der Waals surface area contributed by atoms with Crippen molar-refractivity contribution in [2.45, 2.75) is 0 Å². The Labute approximate surface area is 128 Å². The minimum absolute atomic E-state index is 0.165. The summed E-state index contributed by atoms with van der Waals surface area (Å²) in [4.78, 5) is 10.9. The van der Waals surface area contributed by atoms with Crippen molar-refractivity contribution < 1.29 is 9.90 Å². The van der Waals surface area contributed by atoms with Gasteiger partial charge in [-0.25, -0.2) is 4.79 Å². The largest absolute Gasteiger partial charge is 0.478 e. The Hall–Kier alpha value is -1.47. The molecule has 0 fully saturated rings. The highest BCUT2D eigenvalue weighted by Gasteiger charge is 2.08. The van der Waals surface area contributed by atoms with Gasteiger partial charge in [0, 0.05) is 3.57 Å². The molecule has 0 aliphatic heterocycles. The van der Waals surface area contributed by atoms with Crippen LogP contribution in [0.3, 0.4) is 0 Å². The predicted octanol–water partition coefficient (Wildman–Crippen LogP) is 3.97. The summed E-state index contributed by atoms with van der Waals surface area (Å²) in [6, 6.07) is 10.0. The molecule has 2 rings (SSSR count). The molecule has 0 unspecified atom stereocenters. The molecule has 0 saturated carbocycles. The summed E-state index contributed by atoms with van der Waals surface area (Å²) in [5.41, 5.74) is 7.63. The lowest BCUT2D eigenvalue weighted by molar-refractivity contribution is 0.0697. The number of hydrogen-bond donors (Lipinski definition) is 3. The second kappa shape index (κ2) is 5.66. The van der Waals surface area contributed by atoms with Gasteiger partial charge in [0.25, 0.3) is 0 Å². The summed E-state index contributed by atoms with van der Waals surface area (Å²) in [5.74, 6) is -1.00. The molecule has 0 amide bonds. The minimum atomic E-state index is -1.00. The number of benzene rings is 2. The zero-order chi connectivity index (χ0) is 14.0. The number of rotatable bonds is 3. The molecular weight excluding hydrogens is 379 g/mol. The Morgan fingerprint density at radius 1 is 1.21 bits per heavy atom. The second-order valence-corrected chi connectivity index (χ2v) is 5.51. The van der Waals surface area contributed by atoms with Crippen LogP contribution >= 0.6 is 34.2 Å². The first-order valence-corrected chi connectivity index (χ1v) is 6.78. The monoisotopic (exact) mass is 388 g/mol. The third-order valence-corrected chi connectivity index (χ3v) is 3.48. The molecule has 0 aliphatic rings. The summed E-state index contributed by atoms with van der Waals surface area (Å²) in [7, 11) is 0. The van der Waals surface area contributed by atoms with E-state index in [1.165, 1.54) is 12.1 Å². The quantitative estimate of drug-likeness (QED) is 0.549. The zero-order valence-corrected chi connectivity index (χ0v) is 12.6. The number of nitrogens with two attached hydrogens (primary N) is 1. The van der Waals surface area contributed by atoms with E-state index in [0.717, 1.165) is 3.57 Å². The fraction of sp³-hybridized carbons (Fsp3) is 0. The van der Waals surface area contributed by atoms with Crippen LogP contribution in [0.5, 0.6) is 0 Å². The maximum absolute atomic E-state index is 10.9. The van der Waals surface area contributed by atoms with E-state index < -0.39 is 5.97 Å². The summed E-state index contributed by atoms with van der Waals surface area (Å²) in [5, 5.41) is 12.5. The van der Waals surface area contributed by atoms with Gasteiger partial charge in [-0.2, -0.15) is 0 Å². The highest BCUT2D eigenvalue weighted by molar-refractivity contribution is 14.1. The van der Waals surface area contributed by atoms with Gasteiger partial charge in [0.05, 0.1) is 27.6 Å². The van der Waals surface area contributed by atoms with E-state index in [-0.39, 0.29) is 5.56 Å². The first-order chi connectivity index (χ1) is 8.97. The molecule has 98 valence electrons. The lowest BCUT2D eigenvalue weighted by Crippen LogP contribution is -2.01. The zero-order valence-electron chi connectivity index (χ0n) is 9.65. The van der Waals surface area contributed by atoms with E-state index in [0.29, 0.717) is 22.1 Å². The highest BCUT2D eigenvalue weighted by atomic mass is 127. The van der Waals surface area contributed by atoms with Crippen LogP contribution in [-0.2, 0) is 0 Å². The molecule has 0 aromatic heterocycles. The number of carboxylic acid groups (broad SMARTS) is 1. The Kier molecular flexibility index (Phi) is 4.16. The molecular formula is C13H10ClIN2O2. The average Bonchev–Trinajstić information content (AvgIpc) is 2.34. The van der Waals surface area contributed by atoms with Crippen molar-refractivity contribution in [1.82, 2.24) is 0 Å². The van der Waals surface area contributed by atoms with Crippen LogP contribution < -0.4 is 11.1 Å². The third-order valence-electron chi connectivity index (χ3n) is 2.50. The number of hydrogen-bond acceptors (Lipinski definition) is 3. The van der Waals surface area contributed by atoms with E-state index in [9.17, 15) is 4.79 Å². The molecule has 0 radical (unpaired) electrons. The molecule has 0 saturated heterocycles. The third kappa shape index (κ3) is 3.30. The van der Waals surface area contributed by atoms with Gasteiger partial charge in [-0.05, 0) is 59.0 Å². The Balaban J connectivity index is 2.37. The van der Waals surface area contributed by atoms with Crippen LogP contribution in [-0.4, -0.2) is 11.1 Å². The Morgan fingerprint density at radius 3 is 2.58 bits per heavy atom.